The molecule has 2 aromatic carbocycles. The van der Waals surface area contributed by atoms with Crippen LogP contribution in [-0.2, 0) is 14.4 Å². The van der Waals surface area contributed by atoms with E-state index in [9.17, 15) is 19.2 Å². The number of rotatable bonds is 7. The Hall–Kier alpha value is -3.30. The highest BCUT2D eigenvalue weighted by Crippen LogP contribution is 2.34. The molecule has 2 N–H and O–H groups in total. The molecule has 160 valence electrons. The van der Waals surface area contributed by atoms with Crippen molar-refractivity contribution in [3.8, 4) is 5.75 Å². The number of amides is 3. The second-order valence-corrected chi connectivity index (χ2v) is 7.98. The Balaban J connectivity index is 1.73. The van der Waals surface area contributed by atoms with E-state index in [4.69, 9.17) is 21.4 Å². The summed E-state index contributed by atoms with van der Waals surface area (Å²) in [6, 6.07) is 11.9. The van der Waals surface area contributed by atoms with Gasteiger partial charge in [0, 0.05) is 16.3 Å². The summed E-state index contributed by atoms with van der Waals surface area (Å²) in [5, 5.41) is 11.2. The summed E-state index contributed by atoms with van der Waals surface area (Å²) in [6.45, 7) is 0.921. The molecule has 0 atom stereocenters. The van der Waals surface area contributed by atoms with Crippen LogP contribution in [0.4, 0.5) is 10.5 Å². The number of aliphatic carboxylic acids is 1. The van der Waals surface area contributed by atoms with Crippen molar-refractivity contribution < 1.29 is 29.0 Å². The first-order valence-corrected chi connectivity index (χ1v) is 10.2. The lowest BCUT2D eigenvalue weighted by atomic mass is 10.2. The number of thioether (sulfide) groups is 1. The zero-order valence-electron chi connectivity index (χ0n) is 16.3. The Kier molecular flexibility index (Phi) is 6.98. The lowest BCUT2D eigenvalue weighted by Crippen LogP contribution is -2.33. The molecule has 31 heavy (non-hydrogen) atoms. The standard InChI is InChI=1S/C21H17ClN2O6S/c1-12-2-5-15(6-3-12)23-18(25)11-30-16-7-4-14(22)8-13(16)9-17-20(28)24(10-19(26)27)21(29)31-17/h2-9H,10-11H2,1H3,(H,23,25)(H,26,27)/b17-9-. The SMILES string of the molecule is Cc1ccc(NC(=O)COc2ccc(Cl)cc2/C=C2\SC(=O)N(CC(=O)O)C2=O)cc1. The number of ether oxygens (including phenoxy) is 1. The number of hydrogen-bond acceptors (Lipinski definition) is 6. The fourth-order valence-electron chi connectivity index (χ4n) is 2.65. The zero-order valence-corrected chi connectivity index (χ0v) is 17.8. The van der Waals surface area contributed by atoms with Gasteiger partial charge in [-0.25, -0.2) is 0 Å². The molecule has 2 aromatic rings. The number of anilines is 1. The minimum Gasteiger partial charge on any atom is -0.483 e. The summed E-state index contributed by atoms with van der Waals surface area (Å²) in [5.41, 5.74) is 2.06. The number of nitrogens with one attached hydrogen (secondary N) is 1. The Morgan fingerprint density at radius 2 is 1.90 bits per heavy atom. The van der Waals surface area contributed by atoms with Crippen LogP contribution >= 0.6 is 23.4 Å². The van der Waals surface area contributed by atoms with Gasteiger partial charge in [-0.1, -0.05) is 29.3 Å². The predicted octanol–water partition coefficient (Wildman–Crippen LogP) is 3.79. The summed E-state index contributed by atoms with van der Waals surface area (Å²) >= 11 is 6.65. The third-order valence-electron chi connectivity index (χ3n) is 4.12. The molecule has 0 spiro atoms. The van der Waals surface area contributed by atoms with Crippen LogP contribution in [0.1, 0.15) is 11.1 Å². The fourth-order valence-corrected chi connectivity index (χ4v) is 3.66. The molecule has 0 radical (unpaired) electrons. The van der Waals surface area contributed by atoms with Crippen molar-refractivity contribution in [2.75, 3.05) is 18.5 Å². The number of carbonyl (C=O) groups excluding carboxylic acids is 3. The number of imide groups is 1. The van der Waals surface area contributed by atoms with Gasteiger partial charge in [0.2, 0.25) is 0 Å². The van der Waals surface area contributed by atoms with Gasteiger partial charge in [-0.2, -0.15) is 0 Å². The summed E-state index contributed by atoms with van der Waals surface area (Å²) < 4.78 is 5.59. The molecule has 1 aliphatic rings. The average molecular weight is 461 g/mol. The van der Waals surface area contributed by atoms with E-state index >= 15 is 0 Å². The van der Waals surface area contributed by atoms with E-state index in [1.165, 1.54) is 18.2 Å². The number of hydrogen-bond donors (Lipinski definition) is 2. The maximum Gasteiger partial charge on any atom is 0.323 e. The maximum absolute atomic E-state index is 12.4. The number of benzene rings is 2. The highest BCUT2D eigenvalue weighted by Gasteiger charge is 2.36. The van der Waals surface area contributed by atoms with Crippen LogP contribution in [0.2, 0.25) is 5.02 Å². The van der Waals surface area contributed by atoms with Crippen LogP contribution in [0.15, 0.2) is 47.4 Å². The van der Waals surface area contributed by atoms with Crippen LogP contribution in [0.5, 0.6) is 5.75 Å². The number of aryl methyl sites for hydroxylation is 1. The van der Waals surface area contributed by atoms with E-state index in [-0.39, 0.29) is 23.2 Å². The molecule has 10 heteroatoms. The highest BCUT2D eigenvalue weighted by molar-refractivity contribution is 8.18. The quantitative estimate of drug-likeness (QED) is 0.604. The van der Waals surface area contributed by atoms with E-state index in [2.05, 4.69) is 5.32 Å². The first-order valence-electron chi connectivity index (χ1n) is 8.99. The molecule has 0 bridgehead atoms. The van der Waals surface area contributed by atoms with E-state index < -0.39 is 23.7 Å². The van der Waals surface area contributed by atoms with E-state index in [1.54, 1.807) is 18.2 Å². The smallest absolute Gasteiger partial charge is 0.323 e. The molecule has 1 fully saturated rings. The monoisotopic (exact) mass is 460 g/mol. The molecule has 3 amide bonds. The van der Waals surface area contributed by atoms with Crippen molar-refractivity contribution >= 4 is 58.1 Å². The third-order valence-corrected chi connectivity index (χ3v) is 5.26. The Labute approximate surface area is 186 Å². The Morgan fingerprint density at radius 3 is 2.58 bits per heavy atom. The van der Waals surface area contributed by atoms with Gasteiger partial charge < -0.3 is 15.2 Å². The number of carbonyl (C=O) groups is 4. The molecule has 1 heterocycles. The van der Waals surface area contributed by atoms with Crippen LogP contribution in [-0.4, -0.2) is 46.2 Å². The van der Waals surface area contributed by atoms with Crippen molar-refractivity contribution in [3.63, 3.8) is 0 Å². The Bertz CT molecular complexity index is 1080. The second kappa shape index (κ2) is 9.67. The topological polar surface area (TPSA) is 113 Å². The van der Waals surface area contributed by atoms with E-state index in [0.717, 1.165) is 5.56 Å². The van der Waals surface area contributed by atoms with Crippen LogP contribution in [0, 0.1) is 6.92 Å². The Morgan fingerprint density at radius 1 is 1.19 bits per heavy atom. The molecule has 0 unspecified atom stereocenters. The lowest BCUT2D eigenvalue weighted by molar-refractivity contribution is -0.140. The molecule has 1 aliphatic heterocycles. The van der Waals surface area contributed by atoms with Gasteiger partial charge in [0.25, 0.3) is 17.1 Å². The summed E-state index contributed by atoms with van der Waals surface area (Å²) in [5.74, 6) is -2.13. The van der Waals surface area contributed by atoms with E-state index in [0.29, 0.717) is 32.9 Å². The van der Waals surface area contributed by atoms with Crippen molar-refractivity contribution in [3.05, 3.63) is 63.5 Å². The number of carboxylic acids is 1. The van der Waals surface area contributed by atoms with Crippen molar-refractivity contribution in [2.24, 2.45) is 0 Å². The summed E-state index contributed by atoms with van der Waals surface area (Å²) in [7, 11) is 0. The molecule has 1 saturated heterocycles. The fraction of sp³-hybridized carbons (Fsp3) is 0.143. The van der Waals surface area contributed by atoms with Gasteiger partial charge in [0.05, 0.1) is 4.91 Å². The molecule has 0 saturated carbocycles. The lowest BCUT2D eigenvalue weighted by Gasteiger charge is -2.11. The number of nitrogens with zero attached hydrogens (tertiary/aromatic N) is 1. The molecular formula is C21H17ClN2O6S. The van der Waals surface area contributed by atoms with Gasteiger partial charge in [0.15, 0.2) is 6.61 Å². The third kappa shape index (κ3) is 5.87. The predicted molar refractivity (Wildman–Crippen MR) is 117 cm³/mol. The number of halogens is 1. The van der Waals surface area contributed by atoms with Gasteiger partial charge in [0.1, 0.15) is 12.3 Å². The van der Waals surface area contributed by atoms with Crippen LogP contribution in [0.3, 0.4) is 0 Å². The normalized spacial score (nSPS) is 14.8. The average Bonchev–Trinajstić information content (AvgIpc) is 2.96. The first-order chi connectivity index (χ1) is 14.7. The second-order valence-electron chi connectivity index (χ2n) is 6.55. The minimum atomic E-state index is -1.30. The van der Waals surface area contributed by atoms with Crippen molar-refractivity contribution in [1.29, 1.82) is 0 Å². The summed E-state index contributed by atoms with van der Waals surface area (Å²) in [4.78, 5) is 48.0. The van der Waals surface area contributed by atoms with Crippen LogP contribution in [0.25, 0.3) is 6.08 Å². The molecular weight excluding hydrogens is 444 g/mol. The zero-order chi connectivity index (χ0) is 22.5. The summed E-state index contributed by atoms with van der Waals surface area (Å²) in [6.07, 6.45) is 1.38. The molecule has 0 aromatic heterocycles. The maximum atomic E-state index is 12.4. The van der Waals surface area contributed by atoms with Gasteiger partial charge in [-0.3, -0.25) is 24.1 Å². The van der Waals surface area contributed by atoms with Gasteiger partial charge in [-0.15, -0.1) is 0 Å². The largest absolute Gasteiger partial charge is 0.483 e. The van der Waals surface area contributed by atoms with Gasteiger partial charge in [-0.05, 0) is 55.1 Å². The molecule has 8 nitrogen and oxygen atoms in total. The van der Waals surface area contributed by atoms with Gasteiger partial charge >= 0.3 is 5.97 Å². The van der Waals surface area contributed by atoms with Crippen LogP contribution < -0.4 is 10.1 Å². The number of carboxylic acid groups (broad SMARTS) is 1. The van der Waals surface area contributed by atoms with Crippen molar-refractivity contribution in [2.45, 2.75) is 6.92 Å². The van der Waals surface area contributed by atoms with Crippen molar-refractivity contribution in [1.82, 2.24) is 4.90 Å². The minimum absolute atomic E-state index is 0.0301. The molecule has 0 aliphatic carbocycles. The van der Waals surface area contributed by atoms with E-state index in [1.807, 2.05) is 19.1 Å². The first kappa shape index (κ1) is 22.4. The molecule has 3 rings (SSSR count). The highest BCUT2D eigenvalue weighted by atomic mass is 35.5.